The molecule has 0 radical (unpaired) electrons. The highest BCUT2D eigenvalue weighted by molar-refractivity contribution is 5.32. The van der Waals surface area contributed by atoms with Crippen molar-refractivity contribution in [3.05, 3.63) is 54.4 Å². The van der Waals surface area contributed by atoms with E-state index in [9.17, 15) is 5.11 Å². The zero-order chi connectivity index (χ0) is 12.8. The van der Waals surface area contributed by atoms with Crippen molar-refractivity contribution in [2.45, 2.75) is 6.10 Å². The van der Waals surface area contributed by atoms with Gasteiger partial charge in [-0.2, -0.15) is 0 Å². The van der Waals surface area contributed by atoms with Crippen LogP contribution in [0.2, 0.25) is 0 Å². The van der Waals surface area contributed by atoms with E-state index in [-0.39, 0.29) is 6.61 Å². The second-order valence-electron chi connectivity index (χ2n) is 3.76. The lowest BCUT2D eigenvalue weighted by molar-refractivity contribution is 0.104. The Kier molecular flexibility index (Phi) is 4.15. The summed E-state index contributed by atoms with van der Waals surface area (Å²) in [5, 5.41) is 9.89. The first-order chi connectivity index (χ1) is 8.79. The maximum atomic E-state index is 9.89. The molecule has 4 heteroatoms. The molecule has 0 aliphatic heterocycles. The van der Waals surface area contributed by atoms with Crippen molar-refractivity contribution in [1.29, 1.82) is 0 Å². The highest BCUT2D eigenvalue weighted by atomic mass is 16.5. The average Bonchev–Trinajstić information content (AvgIpc) is 2.46. The van der Waals surface area contributed by atoms with E-state index in [2.05, 4.69) is 4.98 Å². The van der Waals surface area contributed by atoms with Gasteiger partial charge in [0.25, 0.3) is 0 Å². The molecule has 1 aromatic heterocycles. The number of benzene rings is 1. The standard InChI is InChI=1S/C14H15NO3/c1-17-11-5-4-6-12(9-11)18-10-14(16)13-7-2-3-8-15-13/h2-9,14,16H,10H2,1H3. The van der Waals surface area contributed by atoms with E-state index in [1.165, 1.54) is 0 Å². The predicted octanol–water partition coefficient (Wildman–Crippen LogP) is 2.20. The SMILES string of the molecule is COc1cccc(OCC(O)c2ccccn2)c1. The summed E-state index contributed by atoms with van der Waals surface area (Å²) in [5.74, 6) is 1.38. The van der Waals surface area contributed by atoms with Crippen LogP contribution in [0, 0.1) is 0 Å². The molecule has 0 saturated heterocycles. The second-order valence-corrected chi connectivity index (χ2v) is 3.76. The van der Waals surface area contributed by atoms with Gasteiger partial charge in [-0.05, 0) is 24.3 Å². The van der Waals surface area contributed by atoms with Gasteiger partial charge in [-0.25, -0.2) is 0 Å². The van der Waals surface area contributed by atoms with Crippen LogP contribution in [0.5, 0.6) is 11.5 Å². The quantitative estimate of drug-likeness (QED) is 0.877. The number of pyridine rings is 1. The molecule has 0 aliphatic carbocycles. The Morgan fingerprint density at radius 3 is 2.72 bits per heavy atom. The van der Waals surface area contributed by atoms with Gasteiger partial charge in [0, 0.05) is 12.3 Å². The zero-order valence-corrected chi connectivity index (χ0v) is 10.1. The molecule has 0 spiro atoms. The topological polar surface area (TPSA) is 51.6 Å². The van der Waals surface area contributed by atoms with Crippen LogP contribution in [0.15, 0.2) is 48.7 Å². The number of aliphatic hydroxyl groups excluding tert-OH is 1. The number of ether oxygens (including phenoxy) is 2. The first-order valence-electron chi connectivity index (χ1n) is 5.65. The molecule has 2 rings (SSSR count). The molecule has 94 valence electrons. The van der Waals surface area contributed by atoms with Gasteiger partial charge in [0.15, 0.2) is 0 Å². The third kappa shape index (κ3) is 3.21. The van der Waals surface area contributed by atoms with Gasteiger partial charge < -0.3 is 14.6 Å². The van der Waals surface area contributed by atoms with Crippen LogP contribution < -0.4 is 9.47 Å². The van der Waals surface area contributed by atoms with Crippen molar-refractivity contribution >= 4 is 0 Å². The Morgan fingerprint density at radius 2 is 2.00 bits per heavy atom. The summed E-state index contributed by atoms with van der Waals surface area (Å²) in [5.41, 5.74) is 0.598. The number of methoxy groups -OCH3 is 1. The van der Waals surface area contributed by atoms with E-state index < -0.39 is 6.10 Å². The number of aromatic nitrogens is 1. The zero-order valence-electron chi connectivity index (χ0n) is 10.1. The van der Waals surface area contributed by atoms with Crippen molar-refractivity contribution in [1.82, 2.24) is 4.98 Å². The molecule has 1 aromatic carbocycles. The molecule has 0 fully saturated rings. The maximum Gasteiger partial charge on any atom is 0.130 e. The van der Waals surface area contributed by atoms with E-state index in [0.717, 1.165) is 5.75 Å². The van der Waals surface area contributed by atoms with Gasteiger partial charge in [0.1, 0.15) is 24.2 Å². The first kappa shape index (κ1) is 12.4. The smallest absolute Gasteiger partial charge is 0.130 e. The fourth-order valence-corrected chi connectivity index (χ4v) is 1.52. The molecular weight excluding hydrogens is 230 g/mol. The highest BCUT2D eigenvalue weighted by Crippen LogP contribution is 2.20. The molecule has 1 heterocycles. The van der Waals surface area contributed by atoms with Crippen molar-refractivity contribution in [2.24, 2.45) is 0 Å². The molecule has 1 unspecified atom stereocenters. The highest BCUT2D eigenvalue weighted by Gasteiger charge is 2.09. The summed E-state index contributed by atoms with van der Waals surface area (Å²) in [6.45, 7) is 0.157. The van der Waals surface area contributed by atoms with E-state index in [4.69, 9.17) is 9.47 Å². The fraction of sp³-hybridized carbons (Fsp3) is 0.214. The van der Waals surface area contributed by atoms with Gasteiger partial charge in [-0.15, -0.1) is 0 Å². The molecule has 0 saturated carbocycles. The number of hydrogen-bond donors (Lipinski definition) is 1. The van der Waals surface area contributed by atoms with Crippen LogP contribution in [0.4, 0.5) is 0 Å². The van der Waals surface area contributed by atoms with Crippen molar-refractivity contribution in [3.8, 4) is 11.5 Å². The van der Waals surface area contributed by atoms with E-state index in [1.54, 1.807) is 31.5 Å². The molecule has 0 bridgehead atoms. The molecule has 4 nitrogen and oxygen atoms in total. The summed E-state index contributed by atoms with van der Waals surface area (Å²) in [7, 11) is 1.60. The molecule has 1 atom stereocenters. The summed E-state index contributed by atoms with van der Waals surface area (Å²) < 4.78 is 10.6. The molecule has 0 amide bonds. The second kappa shape index (κ2) is 6.02. The van der Waals surface area contributed by atoms with Crippen molar-refractivity contribution in [2.75, 3.05) is 13.7 Å². The Bertz CT molecular complexity index is 487. The van der Waals surface area contributed by atoms with Gasteiger partial charge in [-0.1, -0.05) is 12.1 Å². The van der Waals surface area contributed by atoms with Crippen LogP contribution in [0.1, 0.15) is 11.8 Å². The average molecular weight is 245 g/mol. The largest absolute Gasteiger partial charge is 0.497 e. The van der Waals surface area contributed by atoms with Crippen LogP contribution in [-0.2, 0) is 0 Å². The Balaban J connectivity index is 1.95. The van der Waals surface area contributed by atoms with E-state index >= 15 is 0 Å². The lowest BCUT2D eigenvalue weighted by Crippen LogP contribution is -2.10. The Hall–Kier alpha value is -2.07. The number of rotatable bonds is 5. The fourth-order valence-electron chi connectivity index (χ4n) is 1.52. The minimum atomic E-state index is -0.739. The molecular formula is C14H15NO3. The molecule has 0 aliphatic rings. The monoisotopic (exact) mass is 245 g/mol. The van der Waals surface area contributed by atoms with Crippen LogP contribution in [0.3, 0.4) is 0 Å². The molecule has 1 N–H and O–H groups in total. The van der Waals surface area contributed by atoms with E-state index in [0.29, 0.717) is 11.4 Å². The summed E-state index contributed by atoms with van der Waals surface area (Å²) >= 11 is 0. The van der Waals surface area contributed by atoms with E-state index in [1.807, 2.05) is 24.3 Å². The summed E-state index contributed by atoms with van der Waals surface area (Å²) in [6, 6.07) is 12.7. The number of nitrogens with zero attached hydrogens (tertiary/aromatic N) is 1. The summed E-state index contributed by atoms with van der Waals surface area (Å²) in [6.07, 6.45) is 0.904. The molecule has 2 aromatic rings. The summed E-state index contributed by atoms with van der Waals surface area (Å²) in [4.78, 5) is 4.07. The van der Waals surface area contributed by atoms with Gasteiger partial charge in [0.05, 0.1) is 12.8 Å². The normalized spacial score (nSPS) is 11.9. The lowest BCUT2D eigenvalue weighted by atomic mass is 10.2. The van der Waals surface area contributed by atoms with Crippen LogP contribution in [0.25, 0.3) is 0 Å². The Morgan fingerprint density at radius 1 is 1.17 bits per heavy atom. The van der Waals surface area contributed by atoms with Gasteiger partial charge in [0.2, 0.25) is 0 Å². The van der Waals surface area contributed by atoms with Gasteiger partial charge >= 0.3 is 0 Å². The number of aliphatic hydroxyl groups is 1. The minimum absolute atomic E-state index is 0.157. The van der Waals surface area contributed by atoms with Crippen molar-refractivity contribution < 1.29 is 14.6 Å². The first-order valence-corrected chi connectivity index (χ1v) is 5.65. The predicted molar refractivity (Wildman–Crippen MR) is 67.7 cm³/mol. The van der Waals surface area contributed by atoms with Crippen molar-refractivity contribution in [3.63, 3.8) is 0 Å². The Labute approximate surface area is 106 Å². The molecule has 18 heavy (non-hydrogen) atoms. The van der Waals surface area contributed by atoms with Gasteiger partial charge in [-0.3, -0.25) is 4.98 Å². The van der Waals surface area contributed by atoms with Crippen LogP contribution >= 0.6 is 0 Å². The third-order valence-electron chi connectivity index (χ3n) is 2.48. The number of hydrogen-bond acceptors (Lipinski definition) is 4. The van der Waals surface area contributed by atoms with Crippen LogP contribution in [-0.4, -0.2) is 23.8 Å². The lowest BCUT2D eigenvalue weighted by Gasteiger charge is -2.12. The maximum absolute atomic E-state index is 9.89. The minimum Gasteiger partial charge on any atom is -0.497 e. The third-order valence-corrected chi connectivity index (χ3v) is 2.48.